The van der Waals surface area contributed by atoms with Crippen LogP contribution in [0, 0.1) is 0 Å². The number of methoxy groups -OCH3 is 1. The van der Waals surface area contributed by atoms with Crippen LogP contribution in [0.1, 0.15) is 31.7 Å². The Labute approximate surface area is 156 Å². The third-order valence-corrected chi connectivity index (χ3v) is 3.73. The fourth-order valence-electron chi connectivity index (χ4n) is 2.56. The second-order valence-electron chi connectivity index (χ2n) is 5.36. The molecule has 1 atom stereocenters. The summed E-state index contributed by atoms with van der Waals surface area (Å²) in [4.78, 5) is 4.63. The van der Waals surface area contributed by atoms with Gasteiger partial charge >= 0.3 is 0 Å². The molecule has 1 aliphatic heterocycles. The van der Waals surface area contributed by atoms with Crippen LogP contribution in [0.4, 0.5) is 0 Å². The molecule has 1 heterocycles. The first kappa shape index (κ1) is 20.0. The van der Waals surface area contributed by atoms with Crippen LogP contribution in [0.25, 0.3) is 0 Å². The summed E-state index contributed by atoms with van der Waals surface area (Å²) >= 11 is 0. The molecule has 2 N–H and O–H groups in total. The number of benzene rings is 1. The number of guanidine groups is 1. The Morgan fingerprint density at radius 3 is 2.87 bits per heavy atom. The minimum Gasteiger partial charge on any atom is -0.496 e. The number of ether oxygens (including phenoxy) is 2. The zero-order valence-corrected chi connectivity index (χ0v) is 16.3. The lowest BCUT2D eigenvalue weighted by molar-refractivity contribution is 0.105. The van der Waals surface area contributed by atoms with E-state index in [2.05, 4.69) is 22.5 Å². The number of aliphatic imine (C=N–C) groups is 1. The summed E-state index contributed by atoms with van der Waals surface area (Å²) in [5, 5.41) is 6.65. The molecule has 1 aromatic rings. The molecule has 6 heteroatoms. The minimum absolute atomic E-state index is 0. The quantitative estimate of drug-likeness (QED) is 0.395. The van der Waals surface area contributed by atoms with E-state index < -0.39 is 0 Å². The lowest BCUT2D eigenvalue weighted by atomic mass is 10.2. The van der Waals surface area contributed by atoms with E-state index in [1.54, 1.807) is 7.11 Å². The molecule has 1 unspecified atom stereocenters. The maximum Gasteiger partial charge on any atom is 0.191 e. The molecule has 23 heavy (non-hydrogen) atoms. The molecule has 1 saturated heterocycles. The van der Waals surface area contributed by atoms with Gasteiger partial charge < -0.3 is 20.1 Å². The molecule has 0 bridgehead atoms. The Morgan fingerprint density at radius 1 is 1.35 bits per heavy atom. The molecule has 1 aromatic carbocycles. The van der Waals surface area contributed by atoms with Gasteiger partial charge in [-0.15, -0.1) is 24.0 Å². The molecule has 2 rings (SSSR count). The molecule has 0 amide bonds. The average molecular weight is 433 g/mol. The van der Waals surface area contributed by atoms with Gasteiger partial charge in [-0.2, -0.15) is 0 Å². The second-order valence-corrected chi connectivity index (χ2v) is 5.36. The van der Waals surface area contributed by atoms with Gasteiger partial charge in [0.05, 0.1) is 19.8 Å². The number of para-hydroxylation sites is 1. The summed E-state index contributed by atoms with van der Waals surface area (Å²) in [6, 6.07) is 7.98. The Balaban J connectivity index is 0.00000264. The van der Waals surface area contributed by atoms with Crippen LogP contribution in [-0.2, 0) is 11.3 Å². The number of nitrogens with zero attached hydrogens (tertiary/aromatic N) is 1. The Hall–Kier alpha value is -1.02. The van der Waals surface area contributed by atoms with E-state index in [-0.39, 0.29) is 24.0 Å². The maximum absolute atomic E-state index is 5.64. The molecular formula is C17H28IN3O2. The molecule has 0 radical (unpaired) electrons. The number of hydrogen-bond donors (Lipinski definition) is 2. The third kappa shape index (κ3) is 6.95. The van der Waals surface area contributed by atoms with Gasteiger partial charge in [-0.1, -0.05) is 18.2 Å². The first-order valence-electron chi connectivity index (χ1n) is 8.09. The third-order valence-electron chi connectivity index (χ3n) is 3.73. The largest absolute Gasteiger partial charge is 0.496 e. The maximum atomic E-state index is 5.64. The predicted octanol–water partition coefficient (Wildman–Crippen LogP) is 2.94. The topological polar surface area (TPSA) is 54.9 Å². The monoisotopic (exact) mass is 433 g/mol. The summed E-state index contributed by atoms with van der Waals surface area (Å²) in [6.45, 7) is 5.30. The van der Waals surface area contributed by atoms with E-state index in [0.717, 1.165) is 43.4 Å². The molecule has 130 valence electrons. The highest BCUT2D eigenvalue weighted by atomic mass is 127. The molecule has 0 aromatic heterocycles. The highest BCUT2D eigenvalue weighted by Crippen LogP contribution is 2.18. The molecule has 0 saturated carbocycles. The summed E-state index contributed by atoms with van der Waals surface area (Å²) in [6.07, 6.45) is 3.80. The highest BCUT2D eigenvalue weighted by Gasteiger charge is 2.14. The van der Waals surface area contributed by atoms with E-state index in [9.17, 15) is 0 Å². The zero-order valence-electron chi connectivity index (χ0n) is 14.0. The van der Waals surface area contributed by atoms with Crippen LogP contribution in [0.2, 0.25) is 0 Å². The molecule has 1 aliphatic rings. The molecule has 1 fully saturated rings. The fraction of sp³-hybridized carbons (Fsp3) is 0.588. The van der Waals surface area contributed by atoms with E-state index in [4.69, 9.17) is 9.47 Å². The first-order valence-corrected chi connectivity index (χ1v) is 8.09. The van der Waals surface area contributed by atoms with Crippen molar-refractivity contribution in [2.75, 3.05) is 26.8 Å². The van der Waals surface area contributed by atoms with Gasteiger partial charge in [-0.3, -0.25) is 0 Å². The van der Waals surface area contributed by atoms with Gasteiger partial charge in [-0.05, 0) is 32.3 Å². The van der Waals surface area contributed by atoms with Gasteiger partial charge in [-0.25, -0.2) is 4.99 Å². The van der Waals surface area contributed by atoms with E-state index in [0.29, 0.717) is 12.6 Å². The molecule has 0 aliphatic carbocycles. The highest BCUT2D eigenvalue weighted by molar-refractivity contribution is 14.0. The van der Waals surface area contributed by atoms with Gasteiger partial charge in [0.2, 0.25) is 0 Å². The zero-order chi connectivity index (χ0) is 15.6. The summed E-state index contributed by atoms with van der Waals surface area (Å²) in [5.74, 6) is 1.72. The van der Waals surface area contributed by atoms with Crippen molar-refractivity contribution in [1.29, 1.82) is 0 Å². The van der Waals surface area contributed by atoms with Crippen molar-refractivity contribution in [3.8, 4) is 5.75 Å². The summed E-state index contributed by atoms with van der Waals surface area (Å²) in [7, 11) is 1.69. The van der Waals surface area contributed by atoms with Crippen molar-refractivity contribution < 1.29 is 9.47 Å². The van der Waals surface area contributed by atoms with Crippen molar-refractivity contribution in [1.82, 2.24) is 10.6 Å². The Morgan fingerprint density at radius 2 is 2.17 bits per heavy atom. The van der Waals surface area contributed by atoms with Gasteiger partial charge in [0.25, 0.3) is 0 Å². The first-order chi connectivity index (χ1) is 10.8. The SMILES string of the molecule is CCNC(=NCc1ccccc1OC)NCCC1CCCO1.I. The van der Waals surface area contributed by atoms with Crippen molar-refractivity contribution >= 4 is 29.9 Å². The number of rotatable bonds is 7. The van der Waals surface area contributed by atoms with Crippen LogP contribution in [0.15, 0.2) is 29.3 Å². The Kier molecular flexibility index (Phi) is 10.0. The molecule has 5 nitrogen and oxygen atoms in total. The van der Waals surface area contributed by atoms with Gasteiger partial charge in [0, 0.05) is 25.3 Å². The fourth-order valence-corrected chi connectivity index (χ4v) is 2.56. The van der Waals surface area contributed by atoms with Crippen LogP contribution in [-0.4, -0.2) is 38.9 Å². The van der Waals surface area contributed by atoms with Gasteiger partial charge in [0.1, 0.15) is 5.75 Å². The van der Waals surface area contributed by atoms with E-state index in [1.165, 1.54) is 12.8 Å². The number of halogens is 1. The second kappa shape index (κ2) is 11.5. The van der Waals surface area contributed by atoms with Crippen LogP contribution in [0.5, 0.6) is 5.75 Å². The van der Waals surface area contributed by atoms with Crippen molar-refractivity contribution in [2.24, 2.45) is 4.99 Å². The van der Waals surface area contributed by atoms with E-state index in [1.807, 2.05) is 24.3 Å². The average Bonchev–Trinajstić information content (AvgIpc) is 3.06. The van der Waals surface area contributed by atoms with Gasteiger partial charge in [0.15, 0.2) is 5.96 Å². The van der Waals surface area contributed by atoms with Crippen LogP contribution >= 0.6 is 24.0 Å². The Bertz CT molecular complexity index is 477. The van der Waals surface area contributed by atoms with Crippen molar-refractivity contribution in [3.05, 3.63) is 29.8 Å². The molecular weight excluding hydrogens is 405 g/mol. The standard InChI is InChI=1S/C17H27N3O2.HI/c1-3-18-17(19-11-10-15-8-6-12-22-15)20-13-14-7-4-5-9-16(14)21-2;/h4-5,7,9,15H,3,6,8,10-13H2,1-2H3,(H2,18,19,20);1H. The summed E-state index contributed by atoms with van der Waals surface area (Å²) in [5.41, 5.74) is 1.08. The smallest absolute Gasteiger partial charge is 0.191 e. The van der Waals surface area contributed by atoms with Crippen LogP contribution in [0.3, 0.4) is 0 Å². The lowest BCUT2D eigenvalue weighted by Gasteiger charge is -2.14. The number of nitrogens with one attached hydrogen (secondary N) is 2. The van der Waals surface area contributed by atoms with Crippen molar-refractivity contribution in [3.63, 3.8) is 0 Å². The van der Waals surface area contributed by atoms with Crippen molar-refractivity contribution in [2.45, 2.75) is 38.8 Å². The van der Waals surface area contributed by atoms with Crippen LogP contribution < -0.4 is 15.4 Å². The van der Waals surface area contributed by atoms with E-state index >= 15 is 0 Å². The lowest BCUT2D eigenvalue weighted by Crippen LogP contribution is -2.38. The summed E-state index contributed by atoms with van der Waals surface area (Å²) < 4.78 is 11.0. The number of hydrogen-bond acceptors (Lipinski definition) is 3. The normalized spacial score (nSPS) is 17.5. The minimum atomic E-state index is 0. The predicted molar refractivity (Wildman–Crippen MR) is 105 cm³/mol. The molecule has 0 spiro atoms.